The molecule has 1 aromatic carbocycles. The van der Waals surface area contributed by atoms with Gasteiger partial charge in [-0.1, -0.05) is 6.07 Å². The Labute approximate surface area is 188 Å². The second-order valence-electron chi connectivity index (χ2n) is 7.51. The lowest BCUT2D eigenvalue weighted by Gasteiger charge is -2.34. The van der Waals surface area contributed by atoms with Crippen molar-refractivity contribution in [3.8, 4) is 11.5 Å². The highest BCUT2D eigenvalue weighted by atomic mass is 79.9. The molecule has 0 radical (unpaired) electrons. The number of carbonyl (C=O) groups is 2. The van der Waals surface area contributed by atoms with E-state index in [9.17, 15) is 14.7 Å². The largest absolute Gasteiger partial charge is 0.504 e. The number of ketones is 1. The van der Waals surface area contributed by atoms with E-state index in [0.29, 0.717) is 34.6 Å². The summed E-state index contributed by atoms with van der Waals surface area (Å²) in [4.78, 5) is 30.5. The summed E-state index contributed by atoms with van der Waals surface area (Å²) in [5.74, 6) is -0.213. The number of methoxy groups -OCH3 is 1. The van der Waals surface area contributed by atoms with Gasteiger partial charge in [-0.15, -0.1) is 0 Å². The summed E-state index contributed by atoms with van der Waals surface area (Å²) in [6, 6.07) is 8.40. The maximum atomic E-state index is 13.4. The van der Waals surface area contributed by atoms with E-state index in [1.807, 2.05) is 6.92 Å². The molecule has 31 heavy (non-hydrogen) atoms. The minimum Gasteiger partial charge on any atom is -0.504 e. The Morgan fingerprint density at radius 3 is 2.81 bits per heavy atom. The molecule has 1 aliphatic carbocycles. The maximum Gasteiger partial charge on any atom is 0.255 e. The number of nitrogens with one attached hydrogen (secondary N) is 2. The number of pyridine rings is 1. The lowest BCUT2D eigenvalue weighted by molar-refractivity contribution is -0.116. The third-order valence-electron chi connectivity index (χ3n) is 5.53. The number of dihydropyridines is 1. The molecule has 0 bridgehead atoms. The fourth-order valence-electron chi connectivity index (χ4n) is 4.12. The molecule has 0 unspecified atom stereocenters. The van der Waals surface area contributed by atoms with Crippen LogP contribution in [0.1, 0.15) is 37.7 Å². The minimum absolute atomic E-state index is 0.00452. The summed E-state index contributed by atoms with van der Waals surface area (Å²) >= 11 is 3.33. The van der Waals surface area contributed by atoms with Crippen molar-refractivity contribution in [3.05, 3.63) is 69.1 Å². The van der Waals surface area contributed by atoms with Crippen LogP contribution < -0.4 is 15.4 Å². The summed E-state index contributed by atoms with van der Waals surface area (Å²) < 4.78 is 6.07. The van der Waals surface area contributed by atoms with Gasteiger partial charge in [-0.3, -0.25) is 9.59 Å². The molecule has 4 rings (SSSR count). The molecular formula is C23H22BrN3O4. The SMILES string of the molecule is COc1cc([C@@H]2C(C(=O)Nc3ccc(Br)cn3)=C(C)NC3=C2C(=O)CCC3)ccc1O. The highest BCUT2D eigenvalue weighted by Crippen LogP contribution is 2.44. The number of hydrogen-bond donors (Lipinski definition) is 3. The first-order chi connectivity index (χ1) is 14.9. The number of hydrogen-bond acceptors (Lipinski definition) is 6. The quantitative estimate of drug-likeness (QED) is 0.603. The lowest BCUT2D eigenvalue weighted by Crippen LogP contribution is -2.35. The van der Waals surface area contributed by atoms with Gasteiger partial charge in [0.05, 0.1) is 7.11 Å². The van der Waals surface area contributed by atoms with Crippen molar-refractivity contribution in [2.24, 2.45) is 0 Å². The van der Waals surface area contributed by atoms with Crippen molar-refractivity contribution < 1.29 is 19.4 Å². The number of nitrogens with zero attached hydrogens (tertiary/aromatic N) is 1. The number of amides is 1. The third kappa shape index (κ3) is 4.07. The second kappa shape index (κ2) is 8.55. The van der Waals surface area contributed by atoms with Crippen LogP contribution in [0.15, 0.2) is 63.5 Å². The van der Waals surface area contributed by atoms with E-state index < -0.39 is 5.92 Å². The molecule has 8 heteroatoms. The van der Waals surface area contributed by atoms with Gasteiger partial charge in [-0.25, -0.2) is 4.98 Å². The van der Waals surface area contributed by atoms with Crippen molar-refractivity contribution in [1.82, 2.24) is 10.3 Å². The zero-order valence-electron chi connectivity index (χ0n) is 17.2. The minimum atomic E-state index is -0.575. The number of aromatic nitrogens is 1. The second-order valence-corrected chi connectivity index (χ2v) is 8.43. The van der Waals surface area contributed by atoms with Crippen LogP contribution in [0, 0.1) is 0 Å². The predicted octanol–water partition coefficient (Wildman–Crippen LogP) is 4.16. The molecule has 3 N–H and O–H groups in total. The molecule has 160 valence electrons. The van der Waals surface area contributed by atoms with Gasteiger partial charge < -0.3 is 20.5 Å². The predicted molar refractivity (Wildman–Crippen MR) is 120 cm³/mol. The smallest absolute Gasteiger partial charge is 0.255 e. The van der Waals surface area contributed by atoms with Crippen LogP contribution in [0.3, 0.4) is 0 Å². The molecule has 1 amide bonds. The Hall–Kier alpha value is -3.13. The summed E-state index contributed by atoms with van der Waals surface area (Å²) in [7, 11) is 1.46. The Morgan fingerprint density at radius 2 is 2.10 bits per heavy atom. The van der Waals surface area contributed by atoms with Gasteiger partial charge in [0.15, 0.2) is 17.3 Å². The number of ether oxygens (including phenoxy) is 1. The Bertz CT molecular complexity index is 1120. The lowest BCUT2D eigenvalue weighted by atomic mass is 9.75. The van der Waals surface area contributed by atoms with Crippen LogP contribution in [-0.4, -0.2) is 28.9 Å². The number of allylic oxidation sites excluding steroid dienone is 3. The van der Waals surface area contributed by atoms with Crippen molar-refractivity contribution in [2.45, 2.75) is 32.1 Å². The van der Waals surface area contributed by atoms with Gasteiger partial charge in [0.1, 0.15) is 5.82 Å². The first-order valence-electron chi connectivity index (χ1n) is 9.93. The van der Waals surface area contributed by atoms with Crippen molar-refractivity contribution >= 4 is 33.4 Å². The summed E-state index contributed by atoms with van der Waals surface area (Å²) in [6.45, 7) is 1.83. The average Bonchev–Trinajstić information content (AvgIpc) is 2.75. The molecule has 0 saturated carbocycles. The Balaban J connectivity index is 1.80. The fraction of sp³-hybridized carbons (Fsp3) is 0.261. The zero-order chi connectivity index (χ0) is 22.1. The zero-order valence-corrected chi connectivity index (χ0v) is 18.7. The molecule has 2 heterocycles. The van der Waals surface area contributed by atoms with E-state index in [1.165, 1.54) is 13.2 Å². The van der Waals surface area contributed by atoms with E-state index in [2.05, 4.69) is 31.5 Å². The molecule has 0 saturated heterocycles. The average molecular weight is 484 g/mol. The fourth-order valence-corrected chi connectivity index (χ4v) is 4.36. The van der Waals surface area contributed by atoms with E-state index in [1.54, 1.807) is 30.5 Å². The van der Waals surface area contributed by atoms with Crippen molar-refractivity contribution in [2.75, 3.05) is 12.4 Å². The monoisotopic (exact) mass is 483 g/mol. The Kier molecular flexibility index (Phi) is 5.82. The molecular weight excluding hydrogens is 462 g/mol. The summed E-state index contributed by atoms with van der Waals surface area (Å²) in [6.07, 6.45) is 3.55. The number of phenolic OH excluding ortho intramolecular Hbond substituents is 1. The Morgan fingerprint density at radius 1 is 1.29 bits per heavy atom. The highest BCUT2D eigenvalue weighted by molar-refractivity contribution is 9.10. The number of benzene rings is 1. The van der Waals surface area contributed by atoms with Gasteiger partial charge in [-0.05, 0) is 65.5 Å². The summed E-state index contributed by atoms with van der Waals surface area (Å²) in [5, 5.41) is 16.2. The molecule has 7 nitrogen and oxygen atoms in total. The van der Waals surface area contributed by atoms with Crippen LogP contribution in [0.25, 0.3) is 0 Å². The maximum absolute atomic E-state index is 13.4. The first kappa shape index (κ1) is 21.1. The first-order valence-corrected chi connectivity index (χ1v) is 10.7. The van der Waals surface area contributed by atoms with Crippen LogP contribution >= 0.6 is 15.9 Å². The van der Waals surface area contributed by atoms with E-state index in [0.717, 1.165) is 23.0 Å². The normalized spacial score (nSPS) is 18.4. The number of halogens is 1. The van der Waals surface area contributed by atoms with Gasteiger partial charge in [-0.2, -0.15) is 0 Å². The number of carbonyl (C=O) groups excluding carboxylic acids is 2. The standard InChI is InChI=1S/C23H22BrN3O4/c1-12-20(23(30)27-19-9-7-14(24)11-25-19)21(13-6-8-16(28)18(10-13)31-2)22-15(26-12)4-3-5-17(22)29/h6-11,21,26,28H,3-5H2,1-2H3,(H,25,27,30)/t21-/m1/s1. The van der Waals surface area contributed by atoms with Crippen molar-refractivity contribution in [3.63, 3.8) is 0 Å². The van der Waals surface area contributed by atoms with Crippen LogP contribution in [0.2, 0.25) is 0 Å². The molecule has 2 aliphatic rings. The van der Waals surface area contributed by atoms with E-state index >= 15 is 0 Å². The van der Waals surface area contributed by atoms with Crippen LogP contribution in [0.4, 0.5) is 5.82 Å². The highest BCUT2D eigenvalue weighted by Gasteiger charge is 2.38. The molecule has 2 aromatic rings. The van der Waals surface area contributed by atoms with E-state index in [4.69, 9.17) is 4.74 Å². The number of aromatic hydroxyl groups is 1. The van der Waals surface area contributed by atoms with Gasteiger partial charge in [0.2, 0.25) is 0 Å². The number of Topliss-reactive ketones (excluding diaryl/α,β-unsaturated/α-hetero) is 1. The van der Waals surface area contributed by atoms with Crippen LogP contribution in [0.5, 0.6) is 11.5 Å². The molecule has 1 aromatic heterocycles. The molecule has 0 fully saturated rings. The van der Waals surface area contributed by atoms with Gasteiger partial charge in [0, 0.05) is 45.5 Å². The number of rotatable bonds is 4. The van der Waals surface area contributed by atoms with E-state index in [-0.39, 0.29) is 23.2 Å². The molecule has 1 aliphatic heterocycles. The number of anilines is 1. The third-order valence-corrected chi connectivity index (χ3v) is 6.00. The topological polar surface area (TPSA) is 101 Å². The van der Waals surface area contributed by atoms with Crippen molar-refractivity contribution in [1.29, 1.82) is 0 Å². The summed E-state index contributed by atoms with van der Waals surface area (Å²) in [5.41, 5.74) is 3.27. The molecule has 0 spiro atoms. The van der Waals surface area contributed by atoms with Crippen LogP contribution in [-0.2, 0) is 9.59 Å². The van der Waals surface area contributed by atoms with Gasteiger partial charge in [0.25, 0.3) is 5.91 Å². The molecule has 1 atom stereocenters. The van der Waals surface area contributed by atoms with Gasteiger partial charge >= 0.3 is 0 Å². The number of phenols is 1.